The molecule has 1 atom stereocenters. The Bertz CT molecular complexity index is 824. The minimum absolute atomic E-state index is 0.00156. The molecule has 0 aliphatic carbocycles. The lowest BCUT2D eigenvalue weighted by atomic mass is 9.95. The van der Waals surface area contributed by atoms with Crippen molar-refractivity contribution in [1.82, 2.24) is 10.6 Å². The zero-order valence-electron chi connectivity index (χ0n) is 16.4. The fourth-order valence-electron chi connectivity index (χ4n) is 2.55. The van der Waals surface area contributed by atoms with Crippen molar-refractivity contribution in [3.8, 4) is 0 Å². The molecule has 3 N–H and O–H groups in total. The third kappa shape index (κ3) is 5.94. The Morgan fingerprint density at radius 3 is 2.07 bits per heavy atom. The second-order valence-electron chi connectivity index (χ2n) is 7.64. The van der Waals surface area contributed by atoms with Gasteiger partial charge in [-0.05, 0) is 23.3 Å². The van der Waals surface area contributed by atoms with Crippen LogP contribution in [0.4, 0.5) is 0 Å². The van der Waals surface area contributed by atoms with E-state index in [0.717, 1.165) is 5.56 Å². The maximum atomic E-state index is 12.3. The Morgan fingerprint density at radius 1 is 0.929 bits per heavy atom. The highest BCUT2D eigenvalue weighted by Gasteiger charge is 2.21. The van der Waals surface area contributed by atoms with Crippen molar-refractivity contribution in [3.05, 3.63) is 71.3 Å². The minimum Gasteiger partial charge on any atom is -0.481 e. The van der Waals surface area contributed by atoms with Crippen molar-refractivity contribution in [2.24, 2.45) is 5.41 Å². The summed E-state index contributed by atoms with van der Waals surface area (Å²) < 4.78 is 0. The number of benzene rings is 2. The smallest absolute Gasteiger partial charge is 0.312 e. The molecule has 0 saturated carbocycles. The first-order valence-electron chi connectivity index (χ1n) is 9.11. The highest BCUT2D eigenvalue weighted by Crippen LogP contribution is 2.15. The van der Waals surface area contributed by atoms with Crippen molar-refractivity contribution in [2.75, 3.05) is 6.54 Å². The van der Waals surface area contributed by atoms with Crippen LogP contribution >= 0.6 is 0 Å². The molecular weight excluding hydrogens is 356 g/mol. The van der Waals surface area contributed by atoms with Crippen molar-refractivity contribution >= 4 is 17.8 Å². The van der Waals surface area contributed by atoms with Crippen molar-refractivity contribution < 1.29 is 19.5 Å². The van der Waals surface area contributed by atoms with Gasteiger partial charge >= 0.3 is 5.97 Å². The summed E-state index contributed by atoms with van der Waals surface area (Å²) in [5, 5.41) is 15.0. The van der Waals surface area contributed by atoms with Crippen LogP contribution in [0, 0.1) is 5.41 Å². The molecule has 2 rings (SSSR count). The standard InChI is InChI=1S/C22H26N2O4/c1-22(2,3)21(28)24-13-15-9-11-17(12-10-15)19(25)23-14-18(20(26)27)16-7-5-4-6-8-16/h4-12,18H,13-14H2,1-3H3,(H,23,25)(H,24,28)(H,26,27). The lowest BCUT2D eigenvalue weighted by Crippen LogP contribution is -2.34. The number of carboxylic acid groups (broad SMARTS) is 1. The largest absolute Gasteiger partial charge is 0.481 e. The Kier molecular flexibility index (Phi) is 6.93. The van der Waals surface area contributed by atoms with Gasteiger partial charge in [0.25, 0.3) is 5.91 Å². The molecule has 2 amide bonds. The summed E-state index contributed by atoms with van der Waals surface area (Å²) >= 11 is 0. The molecule has 2 aromatic carbocycles. The van der Waals surface area contributed by atoms with E-state index >= 15 is 0 Å². The van der Waals surface area contributed by atoms with E-state index in [1.54, 1.807) is 48.5 Å². The van der Waals surface area contributed by atoms with E-state index in [4.69, 9.17) is 0 Å². The first-order valence-corrected chi connectivity index (χ1v) is 9.11. The maximum absolute atomic E-state index is 12.3. The van der Waals surface area contributed by atoms with Crippen LogP contribution in [-0.4, -0.2) is 29.4 Å². The normalized spacial score (nSPS) is 12.1. The molecule has 148 valence electrons. The average molecular weight is 382 g/mol. The van der Waals surface area contributed by atoms with Crippen molar-refractivity contribution in [2.45, 2.75) is 33.2 Å². The van der Waals surface area contributed by atoms with Gasteiger partial charge in [-0.25, -0.2) is 0 Å². The monoisotopic (exact) mass is 382 g/mol. The van der Waals surface area contributed by atoms with Crippen LogP contribution in [0.5, 0.6) is 0 Å². The van der Waals surface area contributed by atoms with Crippen molar-refractivity contribution in [1.29, 1.82) is 0 Å². The minimum atomic E-state index is -0.989. The number of rotatable bonds is 7. The molecular formula is C22H26N2O4. The molecule has 0 spiro atoms. The summed E-state index contributed by atoms with van der Waals surface area (Å²) in [6.07, 6.45) is 0. The molecule has 0 bridgehead atoms. The number of aliphatic carboxylic acids is 1. The summed E-state index contributed by atoms with van der Waals surface area (Å²) in [6.45, 7) is 5.91. The van der Waals surface area contributed by atoms with Gasteiger partial charge in [-0.3, -0.25) is 14.4 Å². The molecule has 28 heavy (non-hydrogen) atoms. The number of nitrogens with one attached hydrogen (secondary N) is 2. The molecule has 0 radical (unpaired) electrons. The molecule has 0 heterocycles. The Balaban J connectivity index is 1.93. The molecule has 0 fully saturated rings. The molecule has 6 nitrogen and oxygen atoms in total. The second kappa shape index (κ2) is 9.17. The number of amides is 2. The van der Waals surface area contributed by atoms with E-state index in [2.05, 4.69) is 10.6 Å². The third-order valence-electron chi connectivity index (χ3n) is 4.32. The van der Waals surface area contributed by atoms with Gasteiger partial charge in [-0.1, -0.05) is 63.2 Å². The fourth-order valence-corrected chi connectivity index (χ4v) is 2.55. The van der Waals surface area contributed by atoms with Gasteiger partial charge in [-0.15, -0.1) is 0 Å². The second-order valence-corrected chi connectivity index (χ2v) is 7.64. The van der Waals surface area contributed by atoms with Gasteiger partial charge in [0.2, 0.25) is 5.91 Å². The van der Waals surface area contributed by atoms with Crippen LogP contribution < -0.4 is 10.6 Å². The van der Waals surface area contributed by atoms with Gasteiger partial charge < -0.3 is 15.7 Å². The zero-order valence-corrected chi connectivity index (χ0v) is 16.4. The predicted octanol–water partition coefficient (Wildman–Crippen LogP) is 2.95. The Labute approximate surface area is 165 Å². The van der Waals surface area contributed by atoms with Gasteiger partial charge in [0.1, 0.15) is 0 Å². The van der Waals surface area contributed by atoms with Crippen LogP contribution in [0.15, 0.2) is 54.6 Å². The van der Waals surface area contributed by atoms with Crippen LogP contribution in [0.1, 0.15) is 48.2 Å². The third-order valence-corrected chi connectivity index (χ3v) is 4.32. The Morgan fingerprint density at radius 2 is 1.54 bits per heavy atom. The lowest BCUT2D eigenvalue weighted by molar-refractivity contribution is -0.138. The quantitative estimate of drug-likeness (QED) is 0.686. The number of carbonyl (C=O) groups is 3. The van der Waals surface area contributed by atoms with Gasteiger partial charge in [0.05, 0.1) is 5.92 Å². The van der Waals surface area contributed by atoms with Crippen LogP contribution in [0.3, 0.4) is 0 Å². The molecule has 1 unspecified atom stereocenters. The van der Waals surface area contributed by atoms with Crippen molar-refractivity contribution in [3.63, 3.8) is 0 Å². The van der Waals surface area contributed by atoms with Gasteiger partial charge in [0, 0.05) is 24.1 Å². The molecule has 6 heteroatoms. The highest BCUT2D eigenvalue weighted by atomic mass is 16.4. The highest BCUT2D eigenvalue weighted by molar-refractivity contribution is 5.94. The number of carbonyl (C=O) groups excluding carboxylic acids is 2. The Hall–Kier alpha value is -3.15. The number of carboxylic acids is 1. The molecule has 0 aromatic heterocycles. The average Bonchev–Trinajstić information content (AvgIpc) is 2.66. The molecule has 0 aliphatic rings. The summed E-state index contributed by atoms with van der Waals surface area (Å²) in [7, 11) is 0. The molecule has 0 aliphatic heterocycles. The van der Waals surface area contributed by atoms with Gasteiger partial charge in [0.15, 0.2) is 0 Å². The summed E-state index contributed by atoms with van der Waals surface area (Å²) in [6, 6.07) is 15.7. The first kappa shape index (κ1) is 21.2. The van der Waals surface area contributed by atoms with E-state index in [9.17, 15) is 19.5 Å². The van der Waals surface area contributed by atoms with E-state index in [0.29, 0.717) is 17.7 Å². The zero-order chi connectivity index (χ0) is 20.7. The van der Waals surface area contributed by atoms with E-state index < -0.39 is 17.3 Å². The van der Waals surface area contributed by atoms with Gasteiger partial charge in [-0.2, -0.15) is 0 Å². The fraction of sp³-hybridized carbons (Fsp3) is 0.318. The van der Waals surface area contributed by atoms with E-state index in [1.807, 2.05) is 26.8 Å². The van der Waals surface area contributed by atoms with Crippen LogP contribution in [-0.2, 0) is 16.1 Å². The summed E-state index contributed by atoms with van der Waals surface area (Å²) in [4.78, 5) is 35.8. The first-order chi connectivity index (χ1) is 13.2. The number of hydrogen-bond acceptors (Lipinski definition) is 3. The van der Waals surface area contributed by atoms with Crippen LogP contribution in [0.2, 0.25) is 0 Å². The lowest BCUT2D eigenvalue weighted by Gasteiger charge is -2.17. The number of hydrogen-bond donors (Lipinski definition) is 3. The van der Waals surface area contributed by atoms with Crippen LogP contribution in [0.25, 0.3) is 0 Å². The predicted molar refractivity (Wildman–Crippen MR) is 107 cm³/mol. The maximum Gasteiger partial charge on any atom is 0.312 e. The summed E-state index contributed by atoms with van der Waals surface area (Å²) in [5.41, 5.74) is 1.49. The van der Waals surface area contributed by atoms with E-state index in [-0.39, 0.29) is 18.4 Å². The molecule has 2 aromatic rings. The SMILES string of the molecule is CC(C)(C)C(=O)NCc1ccc(C(=O)NCC(C(=O)O)c2ccccc2)cc1. The van der Waals surface area contributed by atoms with E-state index in [1.165, 1.54) is 0 Å². The topological polar surface area (TPSA) is 95.5 Å². The summed E-state index contributed by atoms with van der Waals surface area (Å²) in [5.74, 6) is -2.18. The molecule has 0 saturated heterocycles.